The molecule has 3 nitrogen and oxygen atoms in total. The minimum Gasteiger partial charge on any atom is -0.482 e. The smallest absolute Gasteiger partial charge is 0.265 e. The van der Waals surface area contributed by atoms with E-state index in [-0.39, 0.29) is 18.3 Å². The van der Waals surface area contributed by atoms with Crippen molar-refractivity contribution in [3.05, 3.63) is 59.9 Å². The van der Waals surface area contributed by atoms with Gasteiger partial charge in [-0.3, -0.25) is 4.79 Å². The van der Waals surface area contributed by atoms with E-state index < -0.39 is 0 Å². The number of amides is 1. The second kappa shape index (κ2) is 4.72. The highest BCUT2D eigenvalue weighted by Crippen LogP contribution is 2.32. The van der Waals surface area contributed by atoms with Gasteiger partial charge in [0.2, 0.25) is 0 Å². The quantitative estimate of drug-likeness (QED) is 0.828. The van der Waals surface area contributed by atoms with Crippen molar-refractivity contribution < 1.29 is 13.9 Å². The molecule has 0 saturated heterocycles. The lowest BCUT2D eigenvalue weighted by Gasteiger charge is -2.29. The number of para-hydroxylation sites is 2. The fraction of sp³-hybridized carbons (Fsp3) is 0.133. The molecule has 1 aliphatic rings. The van der Waals surface area contributed by atoms with Gasteiger partial charge in [0.05, 0.1) is 12.2 Å². The van der Waals surface area contributed by atoms with Crippen molar-refractivity contribution in [2.75, 3.05) is 11.5 Å². The van der Waals surface area contributed by atoms with Crippen LogP contribution in [-0.4, -0.2) is 12.5 Å². The predicted octanol–water partition coefficient (Wildman–Crippen LogP) is 2.75. The lowest BCUT2D eigenvalue weighted by Crippen LogP contribution is -2.38. The van der Waals surface area contributed by atoms with Gasteiger partial charge < -0.3 is 9.64 Å². The number of halogens is 1. The number of carbonyl (C=O) groups is 1. The normalized spacial score (nSPS) is 13.9. The summed E-state index contributed by atoms with van der Waals surface area (Å²) in [6, 6.07) is 13.6. The summed E-state index contributed by atoms with van der Waals surface area (Å²) in [5, 5.41) is 0. The highest BCUT2D eigenvalue weighted by Gasteiger charge is 2.24. The molecule has 0 aromatic heterocycles. The number of carbonyl (C=O) groups excluding carboxylic acids is 1. The number of nitrogens with zero attached hydrogens (tertiary/aromatic N) is 1. The zero-order valence-corrected chi connectivity index (χ0v) is 10.2. The van der Waals surface area contributed by atoms with Crippen molar-refractivity contribution in [1.82, 2.24) is 0 Å². The summed E-state index contributed by atoms with van der Waals surface area (Å²) >= 11 is 0. The molecule has 96 valence electrons. The Hall–Kier alpha value is -2.36. The van der Waals surface area contributed by atoms with E-state index in [1.54, 1.807) is 17.0 Å². The van der Waals surface area contributed by atoms with Crippen molar-refractivity contribution >= 4 is 11.6 Å². The second-order valence-corrected chi connectivity index (χ2v) is 4.36. The standard InChI is InChI=1S/C15H12FNO2/c16-12-7-5-11(6-8-12)9-17-13-3-1-2-4-14(13)19-10-15(17)18/h1-8H,9-10H2. The highest BCUT2D eigenvalue weighted by atomic mass is 19.1. The Morgan fingerprint density at radius 1 is 1.11 bits per heavy atom. The van der Waals surface area contributed by atoms with Gasteiger partial charge in [0.15, 0.2) is 6.61 Å². The van der Waals surface area contributed by atoms with Gasteiger partial charge in [0, 0.05) is 0 Å². The summed E-state index contributed by atoms with van der Waals surface area (Å²) in [6.45, 7) is 0.456. The molecule has 0 spiro atoms. The Morgan fingerprint density at radius 3 is 2.63 bits per heavy atom. The van der Waals surface area contributed by atoms with Crippen LogP contribution in [0, 0.1) is 5.82 Å². The Balaban J connectivity index is 1.91. The van der Waals surface area contributed by atoms with Crippen LogP contribution in [0.3, 0.4) is 0 Å². The summed E-state index contributed by atoms with van der Waals surface area (Å²) in [6.07, 6.45) is 0. The average Bonchev–Trinajstić information content (AvgIpc) is 2.44. The maximum absolute atomic E-state index is 12.9. The Kier molecular flexibility index (Phi) is 2.91. The van der Waals surface area contributed by atoms with Crippen LogP contribution in [-0.2, 0) is 11.3 Å². The molecule has 0 aliphatic carbocycles. The van der Waals surface area contributed by atoms with Crippen LogP contribution in [0.15, 0.2) is 48.5 Å². The van der Waals surface area contributed by atoms with Crippen LogP contribution >= 0.6 is 0 Å². The van der Waals surface area contributed by atoms with E-state index in [1.165, 1.54) is 12.1 Å². The van der Waals surface area contributed by atoms with Crippen LogP contribution in [0.5, 0.6) is 5.75 Å². The Bertz CT molecular complexity index is 610. The monoisotopic (exact) mass is 257 g/mol. The first-order valence-electron chi connectivity index (χ1n) is 6.01. The minimum absolute atomic E-state index is 0.0399. The van der Waals surface area contributed by atoms with Gasteiger partial charge in [-0.1, -0.05) is 24.3 Å². The molecule has 0 unspecified atom stereocenters. The fourth-order valence-corrected chi connectivity index (χ4v) is 2.10. The Labute approximate surface area is 110 Å². The summed E-state index contributed by atoms with van der Waals surface area (Å²) in [7, 11) is 0. The van der Waals surface area contributed by atoms with Crippen LogP contribution in [0.2, 0.25) is 0 Å². The van der Waals surface area contributed by atoms with Gasteiger partial charge in [-0.05, 0) is 29.8 Å². The van der Waals surface area contributed by atoms with E-state index in [2.05, 4.69) is 0 Å². The maximum Gasteiger partial charge on any atom is 0.265 e. The molecule has 0 bridgehead atoms. The summed E-state index contributed by atoms with van der Waals surface area (Å²) < 4.78 is 18.3. The fourth-order valence-electron chi connectivity index (χ4n) is 2.10. The number of benzene rings is 2. The van der Waals surface area contributed by atoms with Gasteiger partial charge in [0.25, 0.3) is 5.91 Å². The molecule has 1 heterocycles. The molecule has 0 fully saturated rings. The number of hydrogen-bond donors (Lipinski definition) is 0. The van der Waals surface area contributed by atoms with Crippen molar-refractivity contribution in [2.24, 2.45) is 0 Å². The number of rotatable bonds is 2. The summed E-state index contributed by atoms with van der Waals surface area (Å²) in [5.74, 6) is 0.324. The molecule has 4 heteroatoms. The molecule has 0 atom stereocenters. The van der Waals surface area contributed by atoms with Crippen molar-refractivity contribution in [2.45, 2.75) is 6.54 Å². The third kappa shape index (κ3) is 2.29. The SMILES string of the molecule is O=C1COc2ccccc2N1Cc1ccc(F)cc1. The third-order valence-corrected chi connectivity index (χ3v) is 3.06. The molecule has 2 aromatic carbocycles. The first-order valence-corrected chi connectivity index (χ1v) is 6.01. The van der Waals surface area contributed by atoms with Gasteiger partial charge in [-0.25, -0.2) is 4.39 Å². The molecule has 0 saturated carbocycles. The molecule has 1 amide bonds. The molecular weight excluding hydrogens is 245 g/mol. The van der Waals surface area contributed by atoms with Crippen LogP contribution in [0.4, 0.5) is 10.1 Å². The van der Waals surface area contributed by atoms with E-state index in [9.17, 15) is 9.18 Å². The van der Waals surface area contributed by atoms with Gasteiger partial charge >= 0.3 is 0 Å². The first-order chi connectivity index (χ1) is 9.24. The van der Waals surface area contributed by atoms with Gasteiger partial charge in [-0.2, -0.15) is 0 Å². The largest absolute Gasteiger partial charge is 0.482 e. The lowest BCUT2D eigenvalue weighted by molar-refractivity contribution is -0.121. The summed E-state index contributed by atoms with van der Waals surface area (Å²) in [4.78, 5) is 13.6. The van der Waals surface area contributed by atoms with E-state index in [0.29, 0.717) is 12.3 Å². The van der Waals surface area contributed by atoms with Gasteiger partial charge in [-0.15, -0.1) is 0 Å². The lowest BCUT2D eigenvalue weighted by atomic mass is 10.1. The zero-order valence-electron chi connectivity index (χ0n) is 10.2. The number of fused-ring (bicyclic) bond motifs is 1. The maximum atomic E-state index is 12.9. The van der Waals surface area contributed by atoms with E-state index in [4.69, 9.17) is 4.74 Å². The number of hydrogen-bond acceptors (Lipinski definition) is 2. The van der Waals surface area contributed by atoms with Crippen molar-refractivity contribution in [3.8, 4) is 5.75 Å². The van der Waals surface area contributed by atoms with Crippen LogP contribution in [0.1, 0.15) is 5.56 Å². The first kappa shape index (κ1) is 11.7. The molecular formula is C15H12FNO2. The topological polar surface area (TPSA) is 29.5 Å². The van der Waals surface area contributed by atoms with Crippen molar-refractivity contribution in [1.29, 1.82) is 0 Å². The van der Waals surface area contributed by atoms with Gasteiger partial charge in [0.1, 0.15) is 11.6 Å². The zero-order chi connectivity index (χ0) is 13.2. The third-order valence-electron chi connectivity index (χ3n) is 3.06. The molecule has 0 radical (unpaired) electrons. The van der Waals surface area contributed by atoms with E-state index in [0.717, 1.165) is 11.3 Å². The number of anilines is 1. The van der Waals surface area contributed by atoms with Crippen LogP contribution < -0.4 is 9.64 Å². The molecule has 19 heavy (non-hydrogen) atoms. The predicted molar refractivity (Wildman–Crippen MR) is 69.5 cm³/mol. The number of ether oxygens (including phenoxy) is 1. The van der Waals surface area contributed by atoms with E-state index in [1.807, 2.05) is 24.3 Å². The van der Waals surface area contributed by atoms with Crippen LogP contribution in [0.25, 0.3) is 0 Å². The average molecular weight is 257 g/mol. The van der Waals surface area contributed by atoms with E-state index >= 15 is 0 Å². The summed E-state index contributed by atoms with van der Waals surface area (Å²) in [5.41, 5.74) is 1.63. The Morgan fingerprint density at radius 2 is 1.84 bits per heavy atom. The highest BCUT2D eigenvalue weighted by molar-refractivity contribution is 5.97. The second-order valence-electron chi connectivity index (χ2n) is 4.36. The molecule has 1 aliphatic heterocycles. The molecule has 2 aromatic rings. The van der Waals surface area contributed by atoms with Crippen molar-refractivity contribution in [3.63, 3.8) is 0 Å². The molecule has 0 N–H and O–H groups in total. The minimum atomic E-state index is -0.280. The molecule has 3 rings (SSSR count).